The Labute approximate surface area is 130 Å². The third-order valence-electron chi connectivity index (χ3n) is 3.06. The maximum absolute atomic E-state index is 11.3. The summed E-state index contributed by atoms with van der Waals surface area (Å²) >= 11 is 3.39. The Morgan fingerprint density at radius 1 is 1.29 bits per heavy atom. The van der Waals surface area contributed by atoms with Crippen molar-refractivity contribution in [3.05, 3.63) is 47.3 Å². The van der Waals surface area contributed by atoms with Gasteiger partial charge in [-0.25, -0.2) is 9.97 Å². The average molecular weight is 345 g/mol. The van der Waals surface area contributed by atoms with Crippen LogP contribution in [0.2, 0.25) is 0 Å². The van der Waals surface area contributed by atoms with Crippen LogP contribution in [0.3, 0.4) is 0 Å². The maximum atomic E-state index is 11.3. The Bertz CT molecular complexity index is 795. The number of hydrogen-bond acceptors (Lipinski definition) is 3. The number of aromatic nitrogens is 3. The third-order valence-corrected chi connectivity index (χ3v) is 3.47. The summed E-state index contributed by atoms with van der Waals surface area (Å²) in [5.74, 6) is 0.654. The van der Waals surface area contributed by atoms with Gasteiger partial charge in [-0.1, -0.05) is 19.1 Å². The lowest BCUT2D eigenvalue weighted by atomic mass is 10.1. The number of imidazole rings is 1. The van der Waals surface area contributed by atoms with Crippen molar-refractivity contribution in [1.29, 1.82) is 0 Å². The van der Waals surface area contributed by atoms with Crippen molar-refractivity contribution < 1.29 is 4.79 Å². The quantitative estimate of drug-likeness (QED) is 0.790. The summed E-state index contributed by atoms with van der Waals surface area (Å²) in [6, 6.07) is 7.61. The van der Waals surface area contributed by atoms with E-state index in [0.717, 1.165) is 21.4 Å². The Morgan fingerprint density at radius 3 is 2.76 bits per heavy atom. The highest BCUT2D eigenvalue weighted by Crippen LogP contribution is 2.21. The fourth-order valence-corrected chi connectivity index (χ4v) is 2.30. The monoisotopic (exact) mass is 344 g/mol. The van der Waals surface area contributed by atoms with Gasteiger partial charge in [-0.15, -0.1) is 0 Å². The van der Waals surface area contributed by atoms with E-state index in [-0.39, 0.29) is 5.91 Å². The van der Waals surface area contributed by atoms with Crippen LogP contribution in [0.1, 0.15) is 13.3 Å². The highest BCUT2D eigenvalue weighted by Gasteiger charge is 2.06. The molecule has 2 heterocycles. The number of halogens is 1. The summed E-state index contributed by atoms with van der Waals surface area (Å²) in [4.78, 5) is 20.1. The SMILES string of the molecule is CCC(=O)Nc1ccc(-c2cn3cc(Br)cnc3n2)cc1. The van der Waals surface area contributed by atoms with Crippen molar-refractivity contribution >= 4 is 33.3 Å². The third kappa shape index (κ3) is 2.95. The second-order valence-corrected chi connectivity index (χ2v) is 5.50. The Morgan fingerprint density at radius 2 is 2.05 bits per heavy atom. The van der Waals surface area contributed by atoms with E-state index >= 15 is 0 Å². The van der Waals surface area contributed by atoms with Gasteiger partial charge in [-0.05, 0) is 28.1 Å². The van der Waals surface area contributed by atoms with Gasteiger partial charge >= 0.3 is 0 Å². The van der Waals surface area contributed by atoms with E-state index in [1.54, 1.807) is 6.20 Å². The van der Waals surface area contributed by atoms with Gasteiger partial charge in [-0.2, -0.15) is 0 Å². The molecule has 3 aromatic rings. The van der Waals surface area contributed by atoms with Gasteiger partial charge in [-0.3, -0.25) is 9.20 Å². The molecule has 0 radical (unpaired) electrons. The largest absolute Gasteiger partial charge is 0.326 e. The van der Waals surface area contributed by atoms with Gasteiger partial charge in [0.05, 0.1) is 10.2 Å². The molecule has 5 nitrogen and oxygen atoms in total. The molecule has 0 bridgehead atoms. The van der Waals surface area contributed by atoms with E-state index in [4.69, 9.17) is 0 Å². The van der Waals surface area contributed by atoms with Gasteiger partial charge in [0.15, 0.2) is 0 Å². The van der Waals surface area contributed by atoms with E-state index in [9.17, 15) is 4.79 Å². The zero-order valence-corrected chi connectivity index (χ0v) is 13.0. The van der Waals surface area contributed by atoms with Crippen molar-refractivity contribution in [1.82, 2.24) is 14.4 Å². The fraction of sp³-hybridized carbons (Fsp3) is 0.133. The topological polar surface area (TPSA) is 59.3 Å². The second kappa shape index (κ2) is 5.65. The van der Waals surface area contributed by atoms with E-state index in [1.807, 2.05) is 48.0 Å². The molecule has 0 aliphatic rings. The molecule has 1 amide bonds. The smallest absolute Gasteiger partial charge is 0.234 e. The summed E-state index contributed by atoms with van der Waals surface area (Å²) in [7, 11) is 0. The lowest BCUT2D eigenvalue weighted by molar-refractivity contribution is -0.115. The van der Waals surface area contributed by atoms with Crippen molar-refractivity contribution in [3.63, 3.8) is 0 Å². The molecule has 1 aromatic carbocycles. The van der Waals surface area contributed by atoms with Crippen LogP contribution in [-0.2, 0) is 4.79 Å². The molecule has 21 heavy (non-hydrogen) atoms. The molecule has 6 heteroatoms. The van der Waals surface area contributed by atoms with Crippen molar-refractivity contribution in [2.45, 2.75) is 13.3 Å². The lowest BCUT2D eigenvalue weighted by Gasteiger charge is -2.03. The first kappa shape index (κ1) is 13.8. The number of rotatable bonds is 3. The number of nitrogens with one attached hydrogen (secondary N) is 1. The Hall–Kier alpha value is -2.21. The van der Waals surface area contributed by atoms with Crippen LogP contribution in [0.4, 0.5) is 5.69 Å². The number of carbonyl (C=O) groups excluding carboxylic acids is 1. The highest BCUT2D eigenvalue weighted by molar-refractivity contribution is 9.10. The molecule has 1 N–H and O–H groups in total. The van der Waals surface area contributed by atoms with Crippen LogP contribution in [-0.4, -0.2) is 20.3 Å². The number of anilines is 1. The first-order chi connectivity index (χ1) is 10.2. The van der Waals surface area contributed by atoms with Crippen LogP contribution in [0.15, 0.2) is 47.3 Å². The minimum Gasteiger partial charge on any atom is -0.326 e. The van der Waals surface area contributed by atoms with Crippen molar-refractivity contribution in [3.8, 4) is 11.3 Å². The predicted octanol–water partition coefficient (Wildman–Crippen LogP) is 3.51. The van der Waals surface area contributed by atoms with Crippen LogP contribution in [0, 0.1) is 0 Å². The number of benzene rings is 1. The normalized spacial score (nSPS) is 10.8. The number of carbonyl (C=O) groups is 1. The number of amides is 1. The number of nitrogens with zero attached hydrogens (tertiary/aromatic N) is 3. The van der Waals surface area contributed by atoms with Gasteiger partial charge in [0.25, 0.3) is 0 Å². The molecule has 0 aliphatic heterocycles. The number of fused-ring (bicyclic) bond motifs is 1. The molecule has 0 spiro atoms. The first-order valence-corrected chi connectivity index (χ1v) is 7.35. The minimum absolute atomic E-state index is 0.00419. The zero-order valence-electron chi connectivity index (χ0n) is 11.4. The van der Waals surface area contributed by atoms with Crippen LogP contribution < -0.4 is 5.32 Å². The van der Waals surface area contributed by atoms with Crippen molar-refractivity contribution in [2.24, 2.45) is 0 Å². The van der Waals surface area contributed by atoms with Crippen LogP contribution in [0.25, 0.3) is 17.0 Å². The molecule has 0 fully saturated rings. The lowest BCUT2D eigenvalue weighted by Crippen LogP contribution is -2.08. The molecule has 0 saturated carbocycles. The molecule has 106 valence electrons. The minimum atomic E-state index is 0.00419. The summed E-state index contributed by atoms with van der Waals surface area (Å²) in [6.07, 6.45) is 6.02. The molecule has 2 aromatic heterocycles. The second-order valence-electron chi connectivity index (χ2n) is 4.58. The average Bonchev–Trinajstić information content (AvgIpc) is 2.90. The Kier molecular flexibility index (Phi) is 3.70. The van der Waals surface area contributed by atoms with Crippen LogP contribution in [0.5, 0.6) is 0 Å². The highest BCUT2D eigenvalue weighted by atomic mass is 79.9. The maximum Gasteiger partial charge on any atom is 0.234 e. The number of hydrogen-bond donors (Lipinski definition) is 1. The molecule has 0 unspecified atom stereocenters. The molecule has 0 saturated heterocycles. The molecular formula is C15H13BrN4O. The van der Waals surface area contributed by atoms with Gasteiger partial charge in [0.2, 0.25) is 11.7 Å². The van der Waals surface area contributed by atoms with E-state index in [1.165, 1.54) is 0 Å². The van der Waals surface area contributed by atoms with E-state index in [0.29, 0.717) is 12.2 Å². The van der Waals surface area contributed by atoms with Gasteiger partial charge in [0.1, 0.15) is 0 Å². The van der Waals surface area contributed by atoms with Crippen molar-refractivity contribution in [2.75, 3.05) is 5.32 Å². The molecule has 3 rings (SSSR count). The van der Waals surface area contributed by atoms with Gasteiger partial charge in [0, 0.05) is 36.3 Å². The Balaban J connectivity index is 1.90. The zero-order chi connectivity index (χ0) is 14.8. The first-order valence-electron chi connectivity index (χ1n) is 6.56. The molecule has 0 aliphatic carbocycles. The summed E-state index contributed by atoms with van der Waals surface area (Å²) in [5.41, 5.74) is 2.61. The van der Waals surface area contributed by atoms with Gasteiger partial charge < -0.3 is 5.32 Å². The summed E-state index contributed by atoms with van der Waals surface area (Å²) in [5, 5.41) is 2.82. The molecular weight excluding hydrogens is 332 g/mol. The molecule has 0 atom stereocenters. The summed E-state index contributed by atoms with van der Waals surface area (Å²) < 4.78 is 2.77. The summed E-state index contributed by atoms with van der Waals surface area (Å²) in [6.45, 7) is 1.82. The fourth-order valence-electron chi connectivity index (χ4n) is 1.97. The van der Waals surface area contributed by atoms with E-state index in [2.05, 4.69) is 31.2 Å². The standard InChI is InChI=1S/C15H13BrN4O/c1-2-14(21)18-12-5-3-10(4-6-12)13-9-20-8-11(16)7-17-15(20)19-13/h3-9H,2H2,1H3,(H,18,21). The predicted molar refractivity (Wildman–Crippen MR) is 85.0 cm³/mol. The van der Waals surface area contributed by atoms with E-state index < -0.39 is 0 Å². The van der Waals surface area contributed by atoms with Crippen LogP contribution >= 0.6 is 15.9 Å².